The van der Waals surface area contributed by atoms with Crippen molar-refractivity contribution in [3.8, 4) is 0 Å². The van der Waals surface area contributed by atoms with Gasteiger partial charge in [0.1, 0.15) is 5.76 Å². The Kier molecular flexibility index (Phi) is 8.06. The number of aromatic nitrogens is 2. The highest BCUT2D eigenvalue weighted by molar-refractivity contribution is 7.11. The van der Waals surface area contributed by atoms with Gasteiger partial charge in [-0.05, 0) is 59.5 Å². The lowest BCUT2D eigenvalue weighted by Gasteiger charge is -2.30. The minimum absolute atomic E-state index is 0.636. The van der Waals surface area contributed by atoms with Gasteiger partial charge in [-0.15, -0.1) is 11.3 Å². The van der Waals surface area contributed by atoms with Gasteiger partial charge in [0.25, 0.3) is 0 Å². The Hall–Kier alpha value is -1.93. The standard InChI is InChI=1S/C21H34N6OS/c1-5-22-21(23-9-6-20-24-12-15(2)29-20)25-13-18-7-10-27(11-8-18)14-19-26-16(3)17(4)28-19/h12,18H,5-11,13-14H2,1-4H3,(H2,22,23,25). The van der Waals surface area contributed by atoms with Crippen molar-refractivity contribution in [1.29, 1.82) is 0 Å². The predicted molar refractivity (Wildman–Crippen MR) is 119 cm³/mol. The number of hydrogen-bond acceptors (Lipinski definition) is 6. The molecule has 0 aromatic carbocycles. The summed E-state index contributed by atoms with van der Waals surface area (Å²) in [5, 5.41) is 7.97. The number of aryl methyl sites for hydroxylation is 3. The topological polar surface area (TPSA) is 78.6 Å². The molecule has 1 aliphatic rings. The van der Waals surface area contributed by atoms with Gasteiger partial charge < -0.3 is 15.1 Å². The average molecular weight is 419 g/mol. The molecule has 0 radical (unpaired) electrons. The lowest BCUT2D eigenvalue weighted by atomic mass is 9.97. The van der Waals surface area contributed by atoms with Crippen LogP contribution in [0.3, 0.4) is 0 Å². The molecule has 2 N–H and O–H groups in total. The van der Waals surface area contributed by atoms with Crippen LogP contribution in [0.5, 0.6) is 0 Å². The number of likely N-dealkylation sites (tertiary alicyclic amines) is 1. The second-order valence-electron chi connectivity index (χ2n) is 7.73. The smallest absolute Gasteiger partial charge is 0.208 e. The normalized spacial score (nSPS) is 16.3. The monoisotopic (exact) mass is 418 g/mol. The van der Waals surface area contributed by atoms with Crippen LogP contribution in [0.2, 0.25) is 0 Å². The maximum atomic E-state index is 5.73. The molecule has 0 saturated carbocycles. The minimum atomic E-state index is 0.636. The van der Waals surface area contributed by atoms with Crippen LogP contribution in [0.15, 0.2) is 15.6 Å². The van der Waals surface area contributed by atoms with Crippen LogP contribution in [-0.4, -0.2) is 53.6 Å². The first-order chi connectivity index (χ1) is 14.0. The lowest BCUT2D eigenvalue weighted by Crippen LogP contribution is -2.39. The lowest BCUT2D eigenvalue weighted by molar-refractivity contribution is 0.166. The molecule has 0 atom stereocenters. The molecule has 0 unspecified atom stereocenters. The molecule has 1 saturated heterocycles. The van der Waals surface area contributed by atoms with E-state index >= 15 is 0 Å². The third kappa shape index (κ3) is 6.82. The van der Waals surface area contributed by atoms with Gasteiger partial charge in [0.2, 0.25) is 5.89 Å². The van der Waals surface area contributed by atoms with Gasteiger partial charge in [-0.25, -0.2) is 9.97 Å². The van der Waals surface area contributed by atoms with Gasteiger partial charge in [-0.1, -0.05) is 0 Å². The van der Waals surface area contributed by atoms with Crippen molar-refractivity contribution in [2.45, 2.75) is 53.5 Å². The molecule has 1 fully saturated rings. The van der Waals surface area contributed by atoms with Crippen molar-refractivity contribution in [2.24, 2.45) is 10.9 Å². The van der Waals surface area contributed by atoms with Crippen LogP contribution in [0.25, 0.3) is 0 Å². The van der Waals surface area contributed by atoms with E-state index in [0.29, 0.717) is 5.92 Å². The highest BCUT2D eigenvalue weighted by Crippen LogP contribution is 2.20. The summed E-state index contributed by atoms with van der Waals surface area (Å²) >= 11 is 1.76. The van der Waals surface area contributed by atoms with Gasteiger partial charge in [-0.2, -0.15) is 0 Å². The zero-order valence-corrected chi connectivity index (χ0v) is 18.9. The van der Waals surface area contributed by atoms with Crippen molar-refractivity contribution < 1.29 is 4.42 Å². The number of nitrogens with zero attached hydrogens (tertiary/aromatic N) is 4. The van der Waals surface area contributed by atoms with E-state index in [0.717, 1.165) is 69.0 Å². The number of piperidine rings is 1. The zero-order valence-electron chi connectivity index (χ0n) is 18.1. The third-order valence-electron chi connectivity index (χ3n) is 5.29. The fourth-order valence-electron chi connectivity index (χ4n) is 3.49. The maximum absolute atomic E-state index is 5.73. The molecule has 3 heterocycles. The van der Waals surface area contributed by atoms with Crippen LogP contribution in [0.1, 0.15) is 47.0 Å². The molecule has 0 spiro atoms. The van der Waals surface area contributed by atoms with Gasteiger partial charge in [0, 0.05) is 37.1 Å². The number of rotatable bonds is 8. The summed E-state index contributed by atoms with van der Waals surface area (Å²) in [5.41, 5.74) is 0.998. The molecule has 0 amide bonds. The highest BCUT2D eigenvalue weighted by atomic mass is 32.1. The summed E-state index contributed by atoms with van der Waals surface area (Å²) < 4.78 is 5.73. The molecule has 2 aromatic rings. The van der Waals surface area contributed by atoms with Crippen molar-refractivity contribution >= 4 is 17.3 Å². The highest BCUT2D eigenvalue weighted by Gasteiger charge is 2.21. The predicted octanol–water partition coefficient (Wildman–Crippen LogP) is 3.07. The number of aliphatic imine (C=N–C) groups is 1. The van der Waals surface area contributed by atoms with Crippen LogP contribution in [0.4, 0.5) is 0 Å². The van der Waals surface area contributed by atoms with E-state index in [4.69, 9.17) is 9.41 Å². The number of oxazole rings is 1. The molecular weight excluding hydrogens is 384 g/mol. The summed E-state index contributed by atoms with van der Waals surface area (Å²) in [4.78, 5) is 17.5. The van der Waals surface area contributed by atoms with Crippen molar-refractivity contribution in [3.05, 3.63) is 33.4 Å². The van der Waals surface area contributed by atoms with E-state index in [-0.39, 0.29) is 0 Å². The molecule has 160 valence electrons. The number of hydrogen-bond donors (Lipinski definition) is 2. The number of thiazole rings is 1. The Balaban J connectivity index is 1.40. The zero-order chi connectivity index (χ0) is 20.6. The van der Waals surface area contributed by atoms with Crippen molar-refractivity contribution in [2.75, 3.05) is 32.7 Å². The van der Waals surface area contributed by atoms with Crippen molar-refractivity contribution in [1.82, 2.24) is 25.5 Å². The second kappa shape index (κ2) is 10.7. The van der Waals surface area contributed by atoms with Crippen molar-refractivity contribution in [3.63, 3.8) is 0 Å². The van der Waals surface area contributed by atoms with Gasteiger partial charge in [0.15, 0.2) is 5.96 Å². The molecule has 8 heteroatoms. The number of guanidine groups is 1. The largest absolute Gasteiger partial charge is 0.444 e. The second-order valence-corrected chi connectivity index (χ2v) is 9.05. The van der Waals surface area contributed by atoms with E-state index in [9.17, 15) is 0 Å². The summed E-state index contributed by atoms with van der Waals surface area (Å²) in [6.45, 7) is 13.7. The Morgan fingerprint density at radius 1 is 1.28 bits per heavy atom. The Morgan fingerprint density at radius 3 is 2.69 bits per heavy atom. The Morgan fingerprint density at radius 2 is 2.07 bits per heavy atom. The van der Waals surface area contributed by atoms with Gasteiger partial charge in [0.05, 0.1) is 17.2 Å². The fourth-order valence-corrected chi connectivity index (χ4v) is 4.28. The molecule has 1 aliphatic heterocycles. The van der Waals surface area contributed by atoms with E-state index < -0.39 is 0 Å². The molecule has 7 nitrogen and oxygen atoms in total. The summed E-state index contributed by atoms with van der Waals surface area (Å²) in [6, 6.07) is 0. The quantitative estimate of drug-likeness (QED) is 0.507. The van der Waals surface area contributed by atoms with Crippen LogP contribution in [-0.2, 0) is 13.0 Å². The molecule has 3 rings (SSSR count). The average Bonchev–Trinajstić information content (AvgIpc) is 3.25. The third-order valence-corrected chi connectivity index (χ3v) is 6.26. The van der Waals surface area contributed by atoms with E-state index in [1.54, 1.807) is 11.3 Å². The van der Waals surface area contributed by atoms with E-state index in [1.165, 1.54) is 22.7 Å². The summed E-state index contributed by atoms with van der Waals surface area (Å²) in [7, 11) is 0. The molecule has 0 aliphatic carbocycles. The number of nitrogens with one attached hydrogen (secondary N) is 2. The first-order valence-corrected chi connectivity index (χ1v) is 11.4. The minimum Gasteiger partial charge on any atom is -0.444 e. The Bertz CT molecular complexity index is 771. The van der Waals surface area contributed by atoms with Crippen LogP contribution < -0.4 is 10.6 Å². The van der Waals surface area contributed by atoms with Crippen LogP contribution >= 0.6 is 11.3 Å². The summed E-state index contributed by atoms with van der Waals surface area (Å²) in [5.74, 6) is 3.31. The first kappa shape index (κ1) is 21.8. The van der Waals surface area contributed by atoms with E-state index in [2.05, 4.69) is 39.3 Å². The SMILES string of the molecule is CCNC(=NCC1CCN(Cc2nc(C)c(C)o2)CC1)NCCc1ncc(C)s1. The maximum Gasteiger partial charge on any atom is 0.208 e. The molecule has 29 heavy (non-hydrogen) atoms. The first-order valence-electron chi connectivity index (χ1n) is 10.6. The Labute approximate surface area is 178 Å². The molecule has 0 bridgehead atoms. The van der Waals surface area contributed by atoms with Gasteiger partial charge >= 0.3 is 0 Å². The van der Waals surface area contributed by atoms with E-state index in [1.807, 2.05) is 20.0 Å². The van der Waals surface area contributed by atoms with Gasteiger partial charge in [-0.3, -0.25) is 9.89 Å². The van der Waals surface area contributed by atoms with Crippen LogP contribution in [0, 0.1) is 26.7 Å². The molecule has 2 aromatic heterocycles. The molecular formula is C21H34N6OS. The summed E-state index contributed by atoms with van der Waals surface area (Å²) in [6.07, 6.45) is 5.21. The fraction of sp³-hybridized carbons (Fsp3) is 0.667.